The van der Waals surface area contributed by atoms with Crippen LogP contribution in [0.5, 0.6) is 0 Å². The molecule has 1 aliphatic rings. The number of rotatable bonds is 6. The Morgan fingerprint density at radius 3 is 1.89 bits per heavy atom. The average molecular weight is 293 g/mol. The third-order valence-electron chi connectivity index (χ3n) is 2.68. The van der Waals surface area contributed by atoms with Gasteiger partial charge in [0.2, 0.25) is 6.10 Å². The van der Waals surface area contributed by atoms with Crippen LogP contribution in [0.15, 0.2) is 0 Å². The standard InChI is InChI=1S/C11H17F6NO/c1-9(2,5-18-7-3-4-7)6-19-8(10(12,13)14)11(15,16)17/h7-8,18H,3-6H2,1-2H3. The van der Waals surface area contributed by atoms with Crippen LogP contribution in [0.1, 0.15) is 26.7 Å². The summed E-state index contributed by atoms with van der Waals surface area (Å²) in [7, 11) is 0. The van der Waals surface area contributed by atoms with Crippen LogP contribution in [0.3, 0.4) is 0 Å². The second-order valence-corrected chi connectivity index (χ2v) is 5.59. The molecule has 1 fully saturated rings. The van der Waals surface area contributed by atoms with Gasteiger partial charge in [0, 0.05) is 18.0 Å². The Morgan fingerprint density at radius 1 is 1.05 bits per heavy atom. The van der Waals surface area contributed by atoms with Crippen molar-refractivity contribution >= 4 is 0 Å². The molecule has 0 atom stereocenters. The molecule has 0 spiro atoms. The van der Waals surface area contributed by atoms with E-state index >= 15 is 0 Å². The smallest absolute Gasteiger partial charge is 0.360 e. The highest BCUT2D eigenvalue weighted by Crippen LogP contribution is 2.36. The monoisotopic (exact) mass is 293 g/mol. The number of nitrogens with one attached hydrogen (secondary N) is 1. The third-order valence-corrected chi connectivity index (χ3v) is 2.68. The van der Waals surface area contributed by atoms with Gasteiger partial charge < -0.3 is 10.1 Å². The van der Waals surface area contributed by atoms with Crippen LogP contribution in [0.25, 0.3) is 0 Å². The van der Waals surface area contributed by atoms with E-state index in [2.05, 4.69) is 10.1 Å². The van der Waals surface area contributed by atoms with E-state index < -0.39 is 30.5 Å². The minimum absolute atomic E-state index is 0.320. The summed E-state index contributed by atoms with van der Waals surface area (Å²) in [5.74, 6) is 0. The maximum Gasteiger partial charge on any atom is 0.423 e. The van der Waals surface area contributed by atoms with Gasteiger partial charge in [0.05, 0.1) is 6.61 Å². The fourth-order valence-corrected chi connectivity index (χ4v) is 1.44. The molecule has 0 aromatic heterocycles. The van der Waals surface area contributed by atoms with Crippen LogP contribution in [0.4, 0.5) is 26.3 Å². The van der Waals surface area contributed by atoms with E-state index in [-0.39, 0.29) is 0 Å². The molecule has 0 unspecified atom stereocenters. The van der Waals surface area contributed by atoms with Crippen molar-refractivity contribution in [2.45, 2.75) is 51.2 Å². The van der Waals surface area contributed by atoms with E-state index in [1.54, 1.807) is 13.8 Å². The van der Waals surface area contributed by atoms with Gasteiger partial charge in [-0.05, 0) is 12.8 Å². The average Bonchev–Trinajstić information content (AvgIpc) is 2.93. The molecule has 0 bridgehead atoms. The zero-order valence-corrected chi connectivity index (χ0v) is 10.7. The lowest BCUT2D eigenvalue weighted by atomic mass is 9.94. The summed E-state index contributed by atoms with van der Waals surface area (Å²) < 4.78 is 77.6. The first-order valence-corrected chi connectivity index (χ1v) is 5.90. The maximum atomic E-state index is 12.3. The van der Waals surface area contributed by atoms with Crippen molar-refractivity contribution in [2.75, 3.05) is 13.2 Å². The highest BCUT2D eigenvalue weighted by molar-refractivity contribution is 4.85. The van der Waals surface area contributed by atoms with Crippen LogP contribution in [0, 0.1) is 5.41 Å². The first kappa shape index (κ1) is 16.6. The van der Waals surface area contributed by atoms with Crippen molar-refractivity contribution in [3.05, 3.63) is 0 Å². The normalized spacial score (nSPS) is 18.2. The Bertz CT molecular complexity index is 281. The van der Waals surface area contributed by atoms with Crippen LogP contribution >= 0.6 is 0 Å². The van der Waals surface area contributed by atoms with Crippen molar-refractivity contribution in [2.24, 2.45) is 5.41 Å². The van der Waals surface area contributed by atoms with Crippen LogP contribution < -0.4 is 5.32 Å². The Balaban J connectivity index is 2.49. The van der Waals surface area contributed by atoms with Gasteiger partial charge in [-0.25, -0.2) is 0 Å². The molecular formula is C11H17F6NO. The van der Waals surface area contributed by atoms with E-state index in [1.807, 2.05) is 0 Å². The van der Waals surface area contributed by atoms with Crippen LogP contribution in [-0.4, -0.2) is 37.7 Å². The molecule has 1 rings (SSSR count). The minimum atomic E-state index is -5.45. The van der Waals surface area contributed by atoms with Crippen LogP contribution in [-0.2, 0) is 4.74 Å². The summed E-state index contributed by atoms with van der Waals surface area (Å²) >= 11 is 0. The summed E-state index contributed by atoms with van der Waals surface area (Å²) in [6, 6.07) is 0.334. The van der Waals surface area contributed by atoms with E-state index in [9.17, 15) is 26.3 Å². The predicted octanol–water partition coefficient (Wildman–Crippen LogP) is 3.27. The molecule has 0 amide bonds. The molecule has 0 radical (unpaired) electrons. The van der Waals surface area contributed by atoms with Gasteiger partial charge in [-0.1, -0.05) is 13.8 Å². The van der Waals surface area contributed by atoms with Gasteiger partial charge in [0.15, 0.2) is 0 Å². The van der Waals surface area contributed by atoms with Gasteiger partial charge in [-0.15, -0.1) is 0 Å². The number of halogens is 6. The fraction of sp³-hybridized carbons (Fsp3) is 1.00. The highest BCUT2D eigenvalue weighted by Gasteiger charge is 2.58. The van der Waals surface area contributed by atoms with Gasteiger partial charge in [0.1, 0.15) is 0 Å². The molecule has 0 aromatic carbocycles. The Morgan fingerprint density at radius 2 is 1.53 bits per heavy atom. The molecule has 2 nitrogen and oxygen atoms in total. The van der Waals surface area contributed by atoms with Crippen molar-refractivity contribution < 1.29 is 31.1 Å². The van der Waals surface area contributed by atoms with Crippen molar-refractivity contribution in [1.29, 1.82) is 0 Å². The molecule has 19 heavy (non-hydrogen) atoms. The fourth-order valence-electron chi connectivity index (χ4n) is 1.44. The number of ether oxygens (including phenoxy) is 1. The lowest BCUT2D eigenvalue weighted by Crippen LogP contribution is -2.46. The summed E-state index contributed by atoms with van der Waals surface area (Å²) in [5, 5.41) is 3.06. The van der Waals surface area contributed by atoms with E-state index in [0.717, 1.165) is 12.8 Å². The van der Waals surface area contributed by atoms with Gasteiger partial charge in [-0.3, -0.25) is 0 Å². The summed E-state index contributed by atoms with van der Waals surface area (Å²) in [4.78, 5) is 0. The molecule has 1 saturated carbocycles. The zero-order valence-electron chi connectivity index (χ0n) is 10.7. The quantitative estimate of drug-likeness (QED) is 0.759. The second kappa shape index (κ2) is 5.47. The zero-order chi connectivity index (χ0) is 14.9. The number of hydrogen-bond donors (Lipinski definition) is 1. The summed E-state index contributed by atoms with van der Waals surface area (Å²) in [6.45, 7) is 2.83. The lowest BCUT2D eigenvalue weighted by Gasteiger charge is -2.29. The SMILES string of the molecule is CC(C)(CNC1CC1)COC(C(F)(F)F)C(F)(F)F. The topological polar surface area (TPSA) is 21.3 Å². The third kappa shape index (κ3) is 5.99. The molecule has 0 saturated heterocycles. The Labute approximate surface area is 107 Å². The van der Waals surface area contributed by atoms with E-state index in [1.165, 1.54) is 0 Å². The van der Waals surface area contributed by atoms with Crippen LogP contribution in [0.2, 0.25) is 0 Å². The lowest BCUT2D eigenvalue weighted by molar-refractivity contribution is -0.325. The highest BCUT2D eigenvalue weighted by atomic mass is 19.4. The first-order valence-electron chi connectivity index (χ1n) is 5.90. The van der Waals surface area contributed by atoms with E-state index in [4.69, 9.17) is 0 Å². The molecule has 114 valence electrons. The molecule has 0 aromatic rings. The van der Waals surface area contributed by atoms with Crippen molar-refractivity contribution in [3.8, 4) is 0 Å². The molecule has 8 heteroatoms. The Hall–Kier alpha value is -0.500. The van der Waals surface area contributed by atoms with Gasteiger partial charge in [0.25, 0.3) is 0 Å². The van der Waals surface area contributed by atoms with Crippen molar-refractivity contribution in [3.63, 3.8) is 0 Å². The van der Waals surface area contributed by atoms with Gasteiger partial charge >= 0.3 is 12.4 Å². The molecule has 0 aliphatic heterocycles. The Kier molecular flexibility index (Phi) is 4.77. The first-order chi connectivity index (χ1) is 8.42. The van der Waals surface area contributed by atoms with Crippen molar-refractivity contribution in [1.82, 2.24) is 5.32 Å². The maximum absolute atomic E-state index is 12.3. The molecular weight excluding hydrogens is 276 g/mol. The minimum Gasteiger partial charge on any atom is -0.360 e. The molecule has 0 heterocycles. The number of alkyl halides is 6. The molecule has 1 N–H and O–H groups in total. The summed E-state index contributed by atoms with van der Waals surface area (Å²) in [5.41, 5.74) is -0.794. The predicted molar refractivity (Wildman–Crippen MR) is 56.7 cm³/mol. The number of hydrogen-bond acceptors (Lipinski definition) is 2. The summed E-state index contributed by atoms with van der Waals surface area (Å²) in [6.07, 6.45) is -12.6. The second-order valence-electron chi connectivity index (χ2n) is 5.59. The van der Waals surface area contributed by atoms with Gasteiger partial charge in [-0.2, -0.15) is 26.3 Å². The largest absolute Gasteiger partial charge is 0.423 e. The molecule has 1 aliphatic carbocycles. The van der Waals surface area contributed by atoms with E-state index in [0.29, 0.717) is 12.6 Å².